The van der Waals surface area contributed by atoms with E-state index in [4.69, 9.17) is 9.47 Å². The fourth-order valence-corrected chi connectivity index (χ4v) is 4.11. The largest absolute Gasteiger partial charge is 0.493 e. The van der Waals surface area contributed by atoms with Crippen molar-refractivity contribution in [3.05, 3.63) is 23.8 Å². The van der Waals surface area contributed by atoms with Crippen LogP contribution in [0.3, 0.4) is 0 Å². The van der Waals surface area contributed by atoms with Gasteiger partial charge in [-0.05, 0) is 68.8 Å². The maximum Gasteiger partial charge on any atom is 0.223 e. The molecule has 2 saturated heterocycles. The molecule has 0 bridgehead atoms. The van der Waals surface area contributed by atoms with Gasteiger partial charge in [-0.1, -0.05) is 6.07 Å². The molecule has 1 unspecified atom stereocenters. The van der Waals surface area contributed by atoms with Crippen LogP contribution < -0.4 is 14.8 Å². The predicted molar refractivity (Wildman–Crippen MR) is 105 cm³/mol. The molecule has 0 aliphatic carbocycles. The lowest BCUT2D eigenvalue weighted by Crippen LogP contribution is -2.32. The summed E-state index contributed by atoms with van der Waals surface area (Å²) in [5.41, 5.74) is 1.14. The summed E-state index contributed by atoms with van der Waals surface area (Å²) in [7, 11) is 3.29. The highest BCUT2D eigenvalue weighted by Gasteiger charge is 2.30. The van der Waals surface area contributed by atoms with E-state index < -0.39 is 0 Å². The van der Waals surface area contributed by atoms with E-state index in [0.717, 1.165) is 56.0 Å². The topological polar surface area (TPSA) is 50.8 Å². The molecular formula is C20H31ClN2O3. The molecule has 1 N–H and O–H groups in total. The average molecular weight is 383 g/mol. The van der Waals surface area contributed by atoms with E-state index in [0.29, 0.717) is 18.2 Å². The van der Waals surface area contributed by atoms with Gasteiger partial charge in [-0.15, -0.1) is 12.4 Å². The number of carbonyl (C=O) groups is 1. The number of hydrogen-bond acceptors (Lipinski definition) is 4. The van der Waals surface area contributed by atoms with Crippen LogP contribution in [0.15, 0.2) is 18.2 Å². The fourth-order valence-electron chi connectivity index (χ4n) is 4.11. The lowest BCUT2D eigenvalue weighted by atomic mass is 9.93. The maximum atomic E-state index is 12.8. The second-order valence-corrected chi connectivity index (χ2v) is 7.09. The minimum Gasteiger partial charge on any atom is -0.493 e. The molecule has 6 heteroatoms. The van der Waals surface area contributed by atoms with Crippen LogP contribution in [0.25, 0.3) is 0 Å². The Morgan fingerprint density at radius 3 is 2.58 bits per heavy atom. The van der Waals surface area contributed by atoms with E-state index >= 15 is 0 Å². The van der Waals surface area contributed by atoms with E-state index in [1.165, 1.54) is 12.8 Å². The Hall–Kier alpha value is -1.46. The molecule has 2 fully saturated rings. The number of nitrogens with one attached hydrogen (secondary N) is 1. The Balaban J connectivity index is 0.00000243. The third kappa shape index (κ3) is 4.83. The number of nitrogens with zero attached hydrogens (tertiary/aromatic N) is 1. The molecule has 2 aliphatic rings. The smallest absolute Gasteiger partial charge is 0.223 e. The molecule has 1 amide bonds. The van der Waals surface area contributed by atoms with Crippen LogP contribution in [0, 0.1) is 5.92 Å². The molecule has 1 aromatic rings. The highest BCUT2D eigenvalue weighted by Crippen LogP contribution is 2.37. The molecule has 0 spiro atoms. The quantitative estimate of drug-likeness (QED) is 0.817. The van der Waals surface area contributed by atoms with Crippen LogP contribution in [0.4, 0.5) is 0 Å². The zero-order valence-electron chi connectivity index (χ0n) is 15.8. The molecule has 3 rings (SSSR count). The molecule has 5 nitrogen and oxygen atoms in total. The summed E-state index contributed by atoms with van der Waals surface area (Å²) in [6, 6.07) is 6.18. The van der Waals surface area contributed by atoms with E-state index in [1.54, 1.807) is 14.2 Å². The van der Waals surface area contributed by atoms with Crippen molar-refractivity contribution >= 4 is 18.3 Å². The van der Waals surface area contributed by atoms with Crippen molar-refractivity contribution in [3.63, 3.8) is 0 Å². The van der Waals surface area contributed by atoms with E-state index in [-0.39, 0.29) is 18.4 Å². The highest BCUT2D eigenvalue weighted by atomic mass is 35.5. The van der Waals surface area contributed by atoms with Crippen molar-refractivity contribution in [3.8, 4) is 11.5 Å². The normalized spacial score (nSPS) is 20.5. The molecule has 1 aromatic carbocycles. The number of benzene rings is 1. The molecule has 26 heavy (non-hydrogen) atoms. The Morgan fingerprint density at radius 1 is 1.15 bits per heavy atom. The van der Waals surface area contributed by atoms with Crippen LogP contribution in [-0.4, -0.2) is 44.7 Å². The summed E-state index contributed by atoms with van der Waals surface area (Å²) in [5, 5.41) is 3.39. The lowest BCUT2D eigenvalue weighted by Gasteiger charge is -2.27. The minimum absolute atomic E-state index is 0. The third-order valence-electron chi connectivity index (χ3n) is 5.59. The molecule has 2 aliphatic heterocycles. The zero-order valence-corrected chi connectivity index (χ0v) is 16.6. The number of halogens is 1. The van der Waals surface area contributed by atoms with Gasteiger partial charge in [0.25, 0.3) is 0 Å². The van der Waals surface area contributed by atoms with E-state index in [1.807, 2.05) is 12.1 Å². The first-order valence-corrected chi connectivity index (χ1v) is 9.45. The van der Waals surface area contributed by atoms with Crippen LogP contribution in [0.5, 0.6) is 11.5 Å². The molecule has 0 radical (unpaired) electrons. The standard InChI is InChI=1S/C20H30N2O3.ClH/c1-24-18-7-6-16(14-19(18)25-2)17-4-3-13-22(17)20(23)8-5-15-9-11-21-12-10-15;/h6-7,14-15,17,21H,3-5,8-13H2,1-2H3;1H. The van der Waals surface area contributed by atoms with Gasteiger partial charge in [-0.25, -0.2) is 0 Å². The number of carbonyl (C=O) groups excluding carboxylic acids is 1. The van der Waals surface area contributed by atoms with Gasteiger partial charge in [0.05, 0.1) is 20.3 Å². The van der Waals surface area contributed by atoms with Crippen LogP contribution in [-0.2, 0) is 4.79 Å². The van der Waals surface area contributed by atoms with Crippen molar-refractivity contribution in [2.45, 2.75) is 44.6 Å². The number of rotatable bonds is 6. The molecular weight excluding hydrogens is 352 g/mol. The number of hydrogen-bond donors (Lipinski definition) is 1. The fraction of sp³-hybridized carbons (Fsp3) is 0.650. The Morgan fingerprint density at radius 2 is 1.88 bits per heavy atom. The summed E-state index contributed by atoms with van der Waals surface area (Å²) >= 11 is 0. The lowest BCUT2D eigenvalue weighted by molar-refractivity contribution is -0.132. The van der Waals surface area contributed by atoms with Crippen molar-refractivity contribution in [2.75, 3.05) is 33.9 Å². The van der Waals surface area contributed by atoms with Gasteiger partial charge in [0.1, 0.15) is 0 Å². The first kappa shape index (κ1) is 20.8. The summed E-state index contributed by atoms with van der Waals surface area (Å²) in [4.78, 5) is 14.9. The van der Waals surface area contributed by atoms with Gasteiger partial charge < -0.3 is 19.7 Å². The summed E-state index contributed by atoms with van der Waals surface area (Å²) < 4.78 is 10.7. The third-order valence-corrected chi connectivity index (χ3v) is 5.59. The van der Waals surface area contributed by atoms with Crippen molar-refractivity contribution < 1.29 is 14.3 Å². The van der Waals surface area contributed by atoms with Crippen molar-refractivity contribution in [1.82, 2.24) is 10.2 Å². The number of likely N-dealkylation sites (tertiary alicyclic amines) is 1. The monoisotopic (exact) mass is 382 g/mol. The van der Waals surface area contributed by atoms with Gasteiger partial charge in [-0.2, -0.15) is 0 Å². The molecule has 0 aromatic heterocycles. The maximum absolute atomic E-state index is 12.8. The van der Waals surface area contributed by atoms with E-state index in [2.05, 4.69) is 16.3 Å². The van der Waals surface area contributed by atoms with Gasteiger partial charge in [0.15, 0.2) is 11.5 Å². The Kier molecular flexibility index (Phi) is 8.04. The first-order valence-electron chi connectivity index (χ1n) is 9.45. The second kappa shape index (κ2) is 10.0. The molecule has 0 saturated carbocycles. The molecule has 1 atom stereocenters. The summed E-state index contributed by atoms with van der Waals surface area (Å²) in [6.45, 7) is 3.05. The van der Waals surface area contributed by atoms with Crippen molar-refractivity contribution in [2.24, 2.45) is 5.92 Å². The van der Waals surface area contributed by atoms with Gasteiger partial charge in [0.2, 0.25) is 5.91 Å². The number of methoxy groups -OCH3 is 2. The van der Waals surface area contributed by atoms with Gasteiger partial charge in [-0.3, -0.25) is 4.79 Å². The SMILES string of the molecule is COc1ccc(C2CCCN2C(=O)CCC2CCNCC2)cc1OC.Cl. The summed E-state index contributed by atoms with van der Waals surface area (Å²) in [6.07, 6.45) is 6.19. The predicted octanol–water partition coefficient (Wildman–Crippen LogP) is 3.57. The van der Waals surface area contributed by atoms with E-state index in [9.17, 15) is 4.79 Å². The van der Waals surface area contributed by atoms with Crippen LogP contribution in [0.2, 0.25) is 0 Å². The number of ether oxygens (including phenoxy) is 2. The summed E-state index contributed by atoms with van der Waals surface area (Å²) in [5.74, 6) is 2.46. The Labute approximate surface area is 162 Å². The highest BCUT2D eigenvalue weighted by molar-refractivity contribution is 5.85. The Bertz CT molecular complexity index is 590. The van der Waals surface area contributed by atoms with Crippen LogP contribution >= 0.6 is 12.4 Å². The second-order valence-electron chi connectivity index (χ2n) is 7.09. The van der Waals surface area contributed by atoms with Gasteiger partial charge in [0, 0.05) is 13.0 Å². The van der Waals surface area contributed by atoms with Gasteiger partial charge >= 0.3 is 0 Å². The van der Waals surface area contributed by atoms with Crippen molar-refractivity contribution in [1.29, 1.82) is 0 Å². The minimum atomic E-state index is 0. The number of amides is 1. The molecule has 2 heterocycles. The zero-order chi connectivity index (χ0) is 17.6. The first-order chi connectivity index (χ1) is 12.2. The van der Waals surface area contributed by atoms with Crippen LogP contribution in [0.1, 0.15) is 50.1 Å². The average Bonchev–Trinajstić information content (AvgIpc) is 3.16. The molecule has 146 valence electrons. The number of piperidine rings is 1.